The summed E-state index contributed by atoms with van der Waals surface area (Å²) in [5.41, 5.74) is 2.48. The molecule has 0 atom stereocenters. The molecule has 1 fully saturated rings. The molecule has 2 heterocycles. The fourth-order valence-electron chi connectivity index (χ4n) is 4.34. The summed E-state index contributed by atoms with van der Waals surface area (Å²) in [5.74, 6) is 0. The van der Waals surface area contributed by atoms with Crippen LogP contribution in [0.2, 0.25) is 0 Å². The number of hydrogen-bond donors (Lipinski definition) is 1. The second-order valence-corrected chi connectivity index (χ2v) is 9.66. The molecule has 5 rings (SSSR count). The minimum Gasteiger partial charge on any atom is -0.260 e. The largest absolute Gasteiger partial charge is 0.260 e. The number of sulfonamides is 1. The lowest BCUT2D eigenvalue weighted by Gasteiger charge is -2.13. The maximum Gasteiger partial charge on any atom is 0.241 e. The van der Waals surface area contributed by atoms with E-state index in [1.165, 1.54) is 12.8 Å². The fourth-order valence-corrected chi connectivity index (χ4v) is 5.57. The van der Waals surface area contributed by atoms with Gasteiger partial charge < -0.3 is 0 Å². The molecule has 0 saturated heterocycles. The predicted molar refractivity (Wildman–Crippen MR) is 121 cm³/mol. The van der Waals surface area contributed by atoms with E-state index < -0.39 is 10.0 Å². The Hall–Kier alpha value is -3.03. The third-order valence-corrected chi connectivity index (χ3v) is 7.33. The first-order chi connectivity index (χ1) is 15.1. The summed E-state index contributed by atoms with van der Waals surface area (Å²) in [7, 11) is -3.69. The number of aromatic nitrogens is 3. The highest BCUT2D eigenvalue weighted by atomic mass is 32.2. The number of nitrogens with one attached hydrogen (secondary N) is 1. The van der Waals surface area contributed by atoms with Crippen molar-refractivity contribution in [2.24, 2.45) is 0 Å². The van der Waals surface area contributed by atoms with E-state index in [4.69, 9.17) is 5.10 Å². The summed E-state index contributed by atoms with van der Waals surface area (Å²) >= 11 is 0. The van der Waals surface area contributed by atoms with E-state index in [0.29, 0.717) is 17.1 Å². The van der Waals surface area contributed by atoms with Gasteiger partial charge in [-0.2, -0.15) is 5.10 Å². The van der Waals surface area contributed by atoms with Gasteiger partial charge in [0, 0.05) is 11.6 Å². The van der Waals surface area contributed by atoms with Gasteiger partial charge in [-0.05, 0) is 42.5 Å². The maximum atomic E-state index is 13.1. The third kappa shape index (κ3) is 3.98. The Kier molecular flexibility index (Phi) is 5.29. The van der Waals surface area contributed by atoms with Crippen molar-refractivity contribution in [1.82, 2.24) is 19.5 Å². The average Bonchev–Trinajstić information content (AvgIpc) is 3.48. The molecule has 1 aliphatic rings. The van der Waals surface area contributed by atoms with Gasteiger partial charge in [0.2, 0.25) is 10.0 Å². The quantitative estimate of drug-likeness (QED) is 0.479. The molecule has 0 unspecified atom stereocenters. The van der Waals surface area contributed by atoms with Crippen molar-refractivity contribution in [3.8, 4) is 11.4 Å². The zero-order valence-electron chi connectivity index (χ0n) is 17.1. The molecule has 4 aromatic rings. The standard InChI is InChI=1S/C24H24N4O2S/c29-31(30,24-14-7-9-18-8-1-4-12-21(18)24)26-17-19-16-23(22-13-5-6-15-25-22)28(27-19)20-10-2-3-11-20/h1,4-9,12-16,20,26H,2-3,10-11,17H2. The highest BCUT2D eigenvalue weighted by Gasteiger charge is 2.23. The molecule has 0 aliphatic heterocycles. The van der Waals surface area contributed by atoms with E-state index in [1.54, 1.807) is 18.3 Å². The maximum absolute atomic E-state index is 13.1. The van der Waals surface area contributed by atoms with Crippen molar-refractivity contribution in [3.63, 3.8) is 0 Å². The van der Waals surface area contributed by atoms with Crippen molar-refractivity contribution >= 4 is 20.8 Å². The van der Waals surface area contributed by atoms with Crippen LogP contribution in [0.15, 0.2) is 77.8 Å². The number of rotatable bonds is 6. The van der Waals surface area contributed by atoms with Crippen molar-refractivity contribution in [3.05, 3.63) is 78.6 Å². The van der Waals surface area contributed by atoms with Crippen LogP contribution in [0.25, 0.3) is 22.2 Å². The predicted octanol–water partition coefficient (Wildman–Crippen LogP) is 4.69. The summed E-state index contributed by atoms with van der Waals surface area (Å²) < 4.78 is 30.9. The summed E-state index contributed by atoms with van der Waals surface area (Å²) in [6.07, 6.45) is 6.32. The third-order valence-electron chi connectivity index (χ3n) is 5.87. The van der Waals surface area contributed by atoms with Crippen molar-refractivity contribution in [1.29, 1.82) is 0 Å². The van der Waals surface area contributed by atoms with Gasteiger partial charge in [0.05, 0.1) is 34.6 Å². The summed E-state index contributed by atoms with van der Waals surface area (Å²) in [6, 6.07) is 20.9. The molecule has 1 aliphatic carbocycles. The van der Waals surface area contributed by atoms with Crippen LogP contribution in [0, 0.1) is 0 Å². The van der Waals surface area contributed by atoms with Gasteiger partial charge in [-0.1, -0.05) is 55.3 Å². The molecule has 7 heteroatoms. The van der Waals surface area contributed by atoms with Crippen molar-refractivity contribution in [2.75, 3.05) is 0 Å². The molecule has 0 bridgehead atoms. The normalized spacial score (nSPS) is 15.0. The first-order valence-electron chi connectivity index (χ1n) is 10.6. The number of benzene rings is 2. The fraction of sp³-hybridized carbons (Fsp3) is 0.250. The SMILES string of the molecule is O=S(=O)(NCc1cc(-c2ccccn2)n(C2CCCC2)n1)c1cccc2ccccc12. The Balaban J connectivity index is 1.45. The smallest absolute Gasteiger partial charge is 0.241 e. The molecule has 0 radical (unpaired) electrons. The molecule has 2 aromatic heterocycles. The Morgan fingerprint density at radius 2 is 1.74 bits per heavy atom. The lowest BCUT2D eigenvalue weighted by molar-refractivity contribution is 0.466. The van der Waals surface area contributed by atoms with Crippen LogP contribution in [0.5, 0.6) is 0 Å². The first kappa shape index (κ1) is 19.9. The van der Waals surface area contributed by atoms with E-state index >= 15 is 0 Å². The lowest BCUT2D eigenvalue weighted by atomic mass is 10.1. The van der Waals surface area contributed by atoms with Gasteiger partial charge in [0.15, 0.2) is 0 Å². The van der Waals surface area contributed by atoms with Gasteiger partial charge in [-0.25, -0.2) is 13.1 Å². The van der Waals surface area contributed by atoms with Crippen LogP contribution >= 0.6 is 0 Å². The highest BCUT2D eigenvalue weighted by Crippen LogP contribution is 2.33. The van der Waals surface area contributed by atoms with Gasteiger partial charge in [-0.3, -0.25) is 9.67 Å². The molecule has 1 N–H and O–H groups in total. The number of nitrogens with zero attached hydrogens (tertiary/aromatic N) is 3. The minimum absolute atomic E-state index is 0.130. The Bertz CT molecular complexity index is 1300. The highest BCUT2D eigenvalue weighted by molar-refractivity contribution is 7.89. The topological polar surface area (TPSA) is 76.9 Å². The van der Waals surface area contributed by atoms with Gasteiger partial charge >= 0.3 is 0 Å². The Morgan fingerprint density at radius 1 is 0.968 bits per heavy atom. The molecule has 0 spiro atoms. The number of fused-ring (bicyclic) bond motifs is 1. The summed E-state index contributed by atoms with van der Waals surface area (Å²) in [6.45, 7) is 0.130. The number of pyridine rings is 1. The zero-order chi connectivity index (χ0) is 21.3. The molecule has 1 saturated carbocycles. The molecular weight excluding hydrogens is 408 g/mol. The molecular formula is C24H24N4O2S. The van der Waals surface area contributed by atoms with E-state index in [9.17, 15) is 8.42 Å². The lowest BCUT2D eigenvalue weighted by Crippen LogP contribution is -2.24. The van der Waals surface area contributed by atoms with Gasteiger partial charge in [0.1, 0.15) is 0 Å². The molecule has 2 aromatic carbocycles. The van der Waals surface area contributed by atoms with Crippen LogP contribution in [0.1, 0.15) is 37.4 Å². The monoisotopic (exact) mass is 432 g/mol. The Morgan fingerprint density at radius 3 is 2.55 bits per heavy atom. The van der Waals surface area contributed by atoms with Crippen LogP contribution in [0.3, 0.4) is 0 Å². The number of hydrogen-bond acceptors (Lipinski definition) is 4. The van der Waals surface area contributed by atoms with Gasteiger partial charge in [0.25, 0.3) is 0 Å². The van der Waals surface area contributed by atoms with Crippen LogP contribution in [0.4, 0.5) is 0 Å². The summed E-state index contributed by atoms with van der Waals surface area (Å²) in [4.78, 5) is 4.77. The molecule has 31 heavy (non-hydrogen) atoms. The van der Waals surface area contributed by atoms with Gasteiger partial charge in [-0.15, -0.1) is 0 Å². The first-order valence-corrected chi connectivity index (χ1v) is 12.1. The minimum atomic E-state index is -3.69. The van der Waals surface area contributed by atoms with E-state index in [2.05, 4.69) is 9.71 Å². The van der Waals surface area contributed by atoms with Crippen molar-refractivity contribution < 1.29 is 8.42 Å². The van der Waals surface area contributed by atoms with Crippen LogP contribution in [-0.4, -0.2) is 23.2 Å². The Labute approximate surface area is 182 Å². The zero-order valence-corrected chi connectivity index (χ0v) is 17.9. The molecule has 158 valence electrons. The summed E-state index contributed by atoms with van der Waals surface area (Å²) in [5, 5.41) is 6.39. The molecule has 0 amide bonds. The van der Waals surface area contributed by atoms with Crippen molar-refractivity contribution in [2.45, 2.75) is 43.2 Å². The van der Waals surface area contributed by atoms with E-state index in [1.807, 2.05) is 59.3 Å². The second-order valence-electron chi connectivity index (χ2n) is 7.92. The van der Waals surface area contributed by atoms with Crippen LogP contribution in [-0.2, 0) is 16.6 Å². The second kappa shape index (κ2) is 8.24. The van der Waals surface area contributed by atoms with E-state index in [0.717, 1.165) is 29.6 Å². The average molecular weight is 433 g/mol. The molecule has 6 nitrogen and oxygen atoms in total. The van der Waals surface area contributed by atoms with Crippen LogP contribution < -0.4 is 4.72 Å². The van der Waals surface area contributed by atoms with E-state index in [-0.39, 0.29) is 11.4 Å².